The second kappa shape index (κ2) is 12.0. The number of ether oxygens (including phenoxy) is 1. The first-order valence-electron chi connectivity index (χ1n) is 11.8. The molecular weight excluding hydrogens is 486 g/mol. The minimum absolute atomic E-state index is 0.0218. The first kappa shape index (κ1) is 25.6. The zero-order chi connectivity index (χ0) is 24.8. The number of nitrogens with one attached hydrogen (secondary N) is 2. The molecule has 4 nitrogen and oxygen atoms in total. The molecule has 1 saturated heterocycles. The third-order valence-electron chi connectivity index (χ3n) is 6.32. The fraction of sp³-hybridized carbons (Fsp3) is 0.321. The molecule has 0 spiro atoms. The molecule has 3 aromatic rings. The summed E-state index contributed by atoms with van der Waals surface area (Å²) < 4.78 is 20.6. The largest absolute Gasteiger partial charge is 0.375 e. The normalized spacial score (nSPS) is 18.0. The Balaban J connectivity index is 1.49. The third-order valence-corrected chi connectivity index (χ3v) is 6.82. The number of halogens is 3. The van der Waals surface area contributed by atoms with Crippen molar-refractivity contribution in [2.75, 3.05) is 18.5 Å². The molecule has 1 heterocycles. The number of morpholine rings is 1. The molecule has 1 amide bonds. The maximum atomic E-state index is 14.8. The van der Waals surface area contributed by atoms with Crippen LogP contribution in [0.1, 0.15) is 42.4 Å². The SMILES string of the molecule is CC1COC(CCc2c(F)cccc2NC(=O)CC(c2ccc(Cl)cc2)c2ccc(Cl)cc2)CN1. The number of anilines is 1. The van der Waals surface area contributed by atoms with E-state index in [4.69, 9.17) is 27.9 Å². The van der Waals surface area contributed by atoms with Crippen LogP contribution in [0.4, 0.5) is 10.1 Å². The molecule has 0 bridgehead atoms. The third kappa shape index (κ3) is 7.05. The van der Waals surface area contributed by atoms with Gasteiger partial charge in [-0.05, 0) is 67.3 Å². The van der Waals surface area contributed by atoms with Gasteiger partial charge < -0.3 is 15.4 Å². The molecule has 0 radical (unpaired) electrons. The molecular formula is C28H29Cl2FN2O2. The molecule has 4 rings (SSSR count). The highest BCUT2D eigenvalue weighted by Crippen LogP contribution is 2.31. The van der Waals surface area contributed by atoms with E-state index in [0.29, 0.717) is 46.8 Å². The first-order valence-corrected chi connectivity index (χ1v) is 12.6. The molecule has 35 heavy (non-hydrogen) atoms. The first-order chi connectivity index (χ1) is 16.9. The lowest BCUT2D eigenvalue weighted by Crippen LogP contribution is -2.44. The summed E-state index contributed by atoms with van der Waals surface area (Å²) in [4.78, 5) is 13.2. The van der Waals surface area contributed by atoms with Gasteiger partial charge in [0, 0.05) is 46.2 Å². The van der Waals surface area contributed by atoms with Gasteiger partial charge in [-0.1, -0.05) is 53.5 Å². The zero-order valence-corrected chi connectivity index (χ0v) is 21.1. The minimum Gasteiger partial charge on any atom is -0.375 e. The smallest absolute Gasteiger partial charge is 0.225 e. The van der Waals surface area contributed by atoms with Crippen LogP contribution in [0, 0.1) is 5.82 Å². The average Bonchev–Trinajstić information content (AvgIpc) is 2.84. The Morgan fingerprint density at radius 3 is 2.26 bits per heavy atom. The maximum Gasteiger partial charge on any atom is 0.225 e. The Labute approximate surface area is 215 Å². The van der Waals surface area contributed by atoms with Crippen molar-refractivity contribution < 1.29 is 13.9 Å². The zero-order valence-electron chi connectivity index (χ0n) is 19.6. The lowest BCUT2D eigenvalue weighted by Gasteiger charge is -2.28. The van der Waals surface area contributed by atoms with Gasteiger partial charge in [-0.2, -0.15) is 0 Å². The van der Waals surface area contributed by atoms with Crippen LogP contribution in [0.15, 0.2) is 66.7 Å². The summed E-state index contributed by atoms with van der Waals surface area (Å²) in [5.41, 5.74) is 2.92. The maximum absolute atomic E-state index is 14.8. The van der Waals surface area contributed by atoms with E-state index in [2.05, 4.69) is 17.6 Å². The predicted molar refractivity (Wildman–Crippen MR) is 140 cm³/mol. The van der Waals surface area contributed by atoms with Crippen LogP contribution < -0.4 is 10.6 Å². The van der Waals surface area contributed by atoms with Crippen molar-refractivity contribution in [3.63, 3.8) is 0 Å². The van der Waals surface area contributed by atoms with Crippen LogP contribution in [0.2, 0.25) is 10.0 Å². The number of amides is 1. The van der Waals surface area contributed by atoms with Crippen molar-refractivity contribution >= 4 is 34.8 Å². The molecule has 2 atom stereocenters. The van der Waals surface area contributed by atoms with Gasteiger partial charge in [-0.3, -0.25) is 4.79 Å². The quantitative estimate of drug-likeness (QED) is 0.355. The standard InChI is InChI=1S/C28H29Cl2FN2O2/c1-18-17-35-23(16-32-18)13-14-24-26(31)3-2-4-27(24)33-28(34)15-25(19-5-9-21(29)10-6-19)20-7-11-22(30)12-8-20/h2-12,18,23,25,32H,13-17H2,1H3,(H,33,34). The van der Waals surface area contributed by atoms with Gasteiger partial charge in [0.1, 0.15) is 5.82 Å². The highest BCUT2D eigenvalue weighted by Gasteiger charge is 2.22. The molecule has 0 aromatic heterocycles. The van der Waals surface area contributed by atoms with E-state index in [0.717, 1.165) is 17.7 Å². The fourth-order valence-electron chi connectivity index (χ4n) is 4.36. The Bertz CT molecular complexity index is 1090. The number of hydrogen-bond acceptors (Lipinski definition) is 3. The second-order valence-electron chi connectivity index (χ2n) is 8.98. The Morgan fingerprint density at radius 1 is 1.06 bits per heavy atom. The van der Waals surface area contributed by atoms with Crippen molar-refractivity contribution in [2.45, 2.75) is 44.2 Å². The molecule has 7 heteroatoms. The Morgan fingerprint density at radius 2 is 1.69 bits per heavy atom. The monoisotopic (exact) mass is 514 g/mol. The van der Waals surface area contributed by atoms with Crippen molar-refractivity contribution in [3.05, 3.63) is 99.3 Å². The van der Waals surface area contributed by atoms with E-state index in [1.165, 1.54) is 6.07 Å². The van der Waals surface area contributed by atoms with Crippen LogP contribution >= 0.6 is 23.2 Å². The van der Waals surface area contributed by atoms with E-state index >= 15 is 0 Å². The van der Waals surface area contributed by atoms with E-state index < -0.39 is 0 Å². The lowest BCUT2D eigenvalue weighted by molar-refractivity contribution is -0.116. The van der Waals surface area contributed by atoms with Gasteiger partial charge in [0.25, 0.3) is 0 Å². The van der Waals surface area contributed by atoms with E-state index in [1.54, 1.807) is 12.1 Å². The number of hydrogen-bond donors (Lipinski definition) is 2. The van der Waals surface area contributed by atoms with Gasteiger partial charge in [0.2, 0.25) is 5.91 Å². The second-order valence-corrected chi connectivity index (χ2v) is 9.85. The van der Waals surface area contributed by atoms with Gasteiger partial charge in [0.15, 0.2) is 0 Å². The summed E-state index contributed by atoms with van der Waals surface area (Å²) in [6, 6.07) is 20.0. The lowest BCUT2D eigenvalue weighted by atomic mass is 9.88. The van der Waals surface area contributed by atoms with Crippen LogP contribution in [0.25, 0.3) is 0 Å². The topological polar surface area (TPSA) is 50.4 Å². The van der Waals surface area contributed by atoms with E-state index in [-0.39, 0.29) is 30.2 Å². The number of benzene rings is 3. The predicted octanol–water partition coefficient (Wildman–Crippen LogP) is 6.60. The molecule has 1 aliphatic heterocycles. The highest BCUT2D eigenvalue weighted by atomic mass is 35.5. The van der Waals surface area contributed by atoms with Crippen LogP contribution in [-0.4, -0.2) is 31.2 Å². The number of carbonyl (C=O) groups excluding carboxylic acids is 1. The van der Waals surface area contributed by atoms with Gasteiger partial charge in [-0.25, -0.2) is 4.39 Å². The molecule has 1 aliphatic rings. The van der Waals surface area contributed by atoms with Crippen molar-refractivity contribution in [1.29, 1.82) is 0 Å². The highest BCUT2D eigenvalue weighted by molar-refractivity contribution is 6.30. The summed E-state index contributed by atoms with van der Waals surface area (Å²) in [5.74, 6) is -0.728. The van der Waals surface area contributed by atoms with E-state index in [9.17, 15) is 9.18 Å². The van der Waals surface area contributed by atoms with Crippen LogP contribution in [0.3, 0.4) is 0 Å². The molecule has 2 unspecified atom stereocenters. The molecule has 2 N–H and O–H groups in total. The molecule has 0 aliphatic carbocycles. The van der Waals surface area contributed by atoms with E-state index in [1.807, 2.05) is 48.5 Å². The molecule has 1 fully saturated rings. The number of rotatable bonds is 8. The van der Waals surface area contributed by atoms with Crippen LogP contribution in [-0.2, 0) is 16.0 Å². The van der Waals surface area contributed by atoms with Crippen LogP contribution in [0.5, 0.6) is 0 Å². The Kier molecular flexibility index (Phi) is 8.79. The summed E-state index contributed by atoms with van der Waals surface area (Å²) in [7, 11) is 0. The fourth-order valence-corrected chi connectivity index (χ4v) is 4.61. The molecule has 3 aromatic carbocycles. The van der Waals surface area contributed by atoms with Gasteiger partial charge in [0.05, 0.1) is 12.7 Å². The summed E-state index contributed by atoms with van der Waals surface area (Å²) >= 11 is 12.2. The summed E-state index contributed by atoms with van der Waals surface area (Å²) in [6.45, 7) is 3.45. The van der Waals surface area contributed by atoms with Gasteiger partial charge in [-0.15, -0.1) is 0 Å². The minimum atomic E-state index is -0.327. The summed E-state index contributed by atoms with van der Waals surface area (Å²) in [6.07, 6.45) is 1.35. The van der Waals surface area contributed by atoms with Gasteiger partial charge >= 0.3 is 0 Å². The number of carbonyl (C=O) groups is 1. The van der Waals surface area contributed by atoms with Crippen molar-refractivity contribution in [3.8, 4) is 0 Å². The molecule has 184 valence electrons. The molecule has 0 saturated carbocycles. The summed E-state index contributed by atoms with van der Waals surface area (Å²) in [5, 5.41) is 7.59. The van der Waals surface area contributed by atoms with Crippen molar-refractivity contribution in [2.24, 2.45) is 0 Å². The Hall–Kier alpha value is -2.44. The average molecular weight is 515 g/mol. The van der Waals surface area contributed by atoms with Crippen molar-refractivity contribution in [1.82, 2.24) is 5.32 Å².